The predicted octanol–water partition coefficient (Wildman–Crippen LogP) is 4.10. The van der Waals surface area contributed by atoms with Crippen molar-refractivity contribution in [1.82, 2.24) is 9.80 Å². The Morgan fingerprint density at radius 1 is 0.974 bits per heavy atom. The Morgan fingerprint density at radius 3 is 2.08 bits per heavy atom. The second-order valence-corrected chi connectivity index (χ2v) is 12.5. The van der Waals surface area contributed by atoms with Gasteiger partial charge >= 0.3 is 16.0 Å². The van der Waals surface area contributed by atoms with Crippen molar-refractivity contribution in [3.05, 3.63) is 102 Å². The second-order valence-electron chi connectivity index (χ2n) is 11.0. The molecule has 1 aliphatic carbocycles. The van der Waals surface area contributed by atoms with E-state index in [2.05, 4.69) is 4.90 Å². The lowest BCUT2D eigenvalue weighted by molar-refractivity contribution is -0.124. The average Bonchev–Trinajstić information content (AvgIpc) is 3.50. The number of nitrogens with two attached hydrogens (primary N) is 1. The zero-order chi connectivity index (χ0) is 27.8. The summed E-state index contributed by atoms with van der Waals surface area (Å²) in [5.41, 5.74) is 8.04. The Hall–Kier alpha value is -3.04. The first kappa shape index (κ1) is 27.5. The van der Waals surface area contributed by atoms with Crippen LogP contribution in [-0.2, 0) is 24.5 Å². The van der Waals surface area contributed by atoms with Crippen molar-refractivity contribution in [2.24, 2.45) is 11.7 Å². The molecule has 1 saturated carbocycles. The van der Waals surface area contributed by atoms with Gasteiger partial charge in [0.05, 0.1) is 11.4 Å². The molecule has 2 aliphatic rings. The molecule has 3 aromatic rings. The Bertz CT molecular complexity index is 1370. The van der Waals surface area contributed by atoms with Crippen molar-refractivity contribution in [3.8, 4) is 0 Å². The highest BCUT2D eigenvalue weighted by atomic mass is 32.2. The van der Waals surface area contributed by atoms with E-state index in [1.807, 2.05) is 86.5 Å². The third kappa shape index (κ3) is 4.80. The molecule has 0 spiro atoms. The fraction of sp³-hybridized carbons (Fsp3) is 0.387. The standard InChI is InChI=1S/C31H37N3O4S/c1-23-14-18-28(19-15-23)39(36,37)38-30(2)33(3)20-21-34(30)27-17-16-26(22-27)31(29(32)35,24-10-6-4-7-11-24)25-12-8-5-9-13-25/h4-15,18-19,26-27H,16-17,20-22H2,1-3H3,(H2,32,35)/q+1/t26-,27+,30?/m1/s1. The third-order valence-corrected chi connectivity index (χ3v) is 10.2. The minimum atomic E-state index is -4.01. The smallest absolute Gasteiger partial charge is 0.322 e. The van der Waals surface area contributed by atoms with Gasteiger partial charge in [0.1, 0.15) is 19.0 Å². The summed E-state index contributed by atoms with van der Waals surface area (Å²) in [6.45, 7) is 5.07. The van der Waals surface area contributed by atoms with E-state index >= 15 is 0 Å². The lowest BCUT2D eigenvalue weighted by Crippen LogP contribution is -2.58. The van der Waals surface area contributed by atoms with Crippen molar-refractivity contribution in [3.63, 3.8) is 0 Å². The van der Waals surface area contributed by atoms with Crippen molar-refractivity contribution in [1.29, 1.82) is 0 Å². The van der Waals surface area contributed by atoms with Crippen LogP contribution in [0.1, 0.15) is 42.9 Å². The van der Waals surface area contributed by atoms with Crippen LogP contribution in [0.2, 0.25) is 0 Å². The Morgan fingerprint density at radius 2 is 1.54 bits per heavy atom. The summed E-state index contributed by atoms with van der Waals surface area (Å²) in [5, 5.41) is 0. The molecule has 2 N–H and O–H groups in total. The van der Waals surface area contributed by atoms with Crippen LogP contribution in [0.5, 0.6) is 0 Å². The minimum absolute atomic E-state index is 0.0179. The molecule has 1 amide bonds. The van der Waals surface area contributed by atoms with E-state index in [0.29, 0.717) is 19.5 Å². The summed E-state index contributed by atoms with van der Waals surface area (Å²) in [6.07, 6.45) is 2.26. The van der Waals surface area contributed by atoms with Crippen LogP contribution in [-0.4, -0.2) is 51.3 Å². The number of hydrogen-bond donors (Lipinski definition) is 1. The number of rotatable bonds is 8. The van der Waals surface area contributed by atoms with E-state index in [1.54, 1.807) is 24.3 Å². The number of carbonyl (C=O) groups is 1. The normalized spacial score (nSPS) is 24.7. The van der Waals surface area contributed by atoms with E-state index in [4.69, 9.17) is 9.92 Å². The fourth-order valence-electron chi connectivity index (χ4n) is 6.65. The quantitative estimate of drug-likeness (QED) is 0.338. The van der Waals surface area contributed by atoms with Gasteiger partial charge in [0.2, 0.25) is 5.91 Å². The Balaban J connectivity index is 1.48. The molecule has 7 nitrogen and oxygen atoms in total. The largest absolute Gasteiger partial charge is 0.369 e. The second kappa shape index (κ2) is 10.5. The Labute approximate surface area is 231 Å². The molecule has 0 bridgehead atoms. The maximum Gasteiger partial charge on any atom is 0.322 e. The molecule has 2 fully saturated rings. The maximum atomic E-state index is 13.5. The van der Waals surface area contributed by atoms with E-state index in [9.17, 15) is 13.2 Å². The van der Waals surface area contributed by atoms with Crippen LogP contribution in [0.4, 0.5) is 0 Å². The molecular formula is C31H37N3O4S+. The van der Waals surface area contributed by atoms with Crippen LogP contribution in [0, 0.1) is 12.8 Å². The monoisotopic (exact) mass is 547 g/mol. The zero-order valence-corrected chi connectivity index (χ0v) is 23.6. The molecule has 3 aromatic carbocycles. The van der Waals surface area contributed by atoms with Gasteiger partial charge in [0.25, 0.3) is 0 Å². The highest BCUT2D eigenvalue weighted by Gasteiger charge is 2.59. The average molecular weight is 548 g/mol. The molecule has 205 valence electrons. The lowest BCUT2D eigenvalue weighted by Gasteiger charge is -2.39. The molecule has 1 saturated heterocycles. The summed E-state index contributed by atoms with van der Waals surface area (Å²) in [4.78, 5) is 17.7. The van der Waals surface area contributed by atoms with Gasteiger partial charge in [0, 0.05) is 13.0 Å². The Kier molecular flexibility index (Phi) is 7.41. The molecule has 3 atom stereocenters. The van der Waals surface area contributed by atoms with Crippen LogP contribution < -0.4 is 10.6 Å². The van der Waals surface area contributed by atoms with Gasteiger partial charge < -0.3 is 5.73 Å². The number of likely N-dealkylation sites (N-methyl/N-ethyl adjacent to an activating group) is 1. The number of hydrogen-bond acceptors (Lipinski definition) is 6. The first-order chi connectivity index (χ1) is 18.6. The summed E-state index contributed by atoms with van der Waals surface area (Å²) in [5.74, 6) is -1.59. The summed E-state index contributed by atoms with van der Waals surface area (Å²) >= 11 is 0. The number of amides is 1. The van der Waals surface area contributed by atoms with E-state index < -0.39 is 21.4 Å². The molecule has 1 unspecified atom stereocenters. The molecular weight excluding hydrogens is 510 g/mol. The van der Waals surface area contributed by atoms with E-state index in [0.717, 1.165) is 29.5 Å². The van der Waals surface area contributed by atoms with Gasteiger partial charge in [-0.05, 0) is 55.4 Å². The topological polar surface area (TPSA) is 95.6 Å². The predicted molar refractivity (Wildman–Crippen MR) is 151 cm³/mol. The number of nitrogens with zero attached hydrogens (tertiary/aromatic N) is 2. The van der Waals surface area contributed by atoms with Crippen LogP contribution in [0.15, 0.2) is 89.8 Å². The number of primary amides is 1. The van der Waals surface area contributed by atoms with Gasteiger partial charge in [-0.2, -0.15) is 12.6 Å². The summed E-state index contributed by atoms with van der Waals surface area (Å²) in [7, 11) is -2.13. The van der Waals surface area contributed by atoms with Crippen LogP contribution >= 0.6 is 0 Å². The number of aryl methyl sites for hydroxylation is 1. The van der Waals surface area contributed by atoms with Crippen LogP contribution in [0.3, 0.4) is 0 Å². The van der Waals surface area contributed by atoms with E-state index in [1.165, 1.54) is 0 Å². The van der Waals surface area contributed by atoms with Gasteiger partial charge in [0.15, 0.2) is 0 Å². The van der Waals surface area contributed by atoms with Crippen LogP contribution in [0.25, 0.3) is 0 Å². The van der Waals surface area contributed by atoms with Crippen molar-refractivity contribution in [2.45, 2.75) is 55.3 Å². The molecule has 0 aromatic heterocycles. The zero-order valence-electron chi connectivity index (χ0n) is 22.8. The van der Waals surface area contributed by atoms with Gasteiger partial charge in [-0.25, -0.2) is 4.90 Å². The molecule has 8 heteroatoms. The molecule has 1 radical (unpaired) electrons. The van der Waals surface area contributed by atoms with Crippen molar-refractivity contribution < 1.29 is 17.4 Å². The number of carbonyl (C=O) groups excluding carboxylic acids is 1. The first-order valence-electron chi connectivity index (χ1n) is 13.5. The lowest BCUT2D eigenvalue weighted by atomic mass is 9.64. The van der Waals surface area contributed by atoms with Crippen molar-refractivity contribution in [2.75, 3.05) is 20.1 Å². The SMILES string of the molecule is Cc1ccc(S(=O)(=O)OC2(C)N([C@H]3CC[C@@H](C(C(N)=O)(c4ccccc4)c4ccccc4)C3)CC[N+]2C)cc1. The highest BCUT2D eigenvalue weighted by Crippen LogP contribution is 2.49. The minimum Gasteiger partial charge on any atom is -0.369 e. The number of benzene rings is 3. The van der Waals surface area contributed by atoms with E-state index in [-0.39, 0.29) is 22.8 Å². The van der Waals surface area contributed by atoms with Gasteiger partial charge in [-0.1, -0.05) is 78.4 Å². The first-order valence-corrected chi connectivity index (χ1v) is 14.9. The summed E-state index contributed by atoms with van der Waals surface area (Å²) < 4.78 is 32.7. The van der Waals surface area contributed by atoms with Gasteiger partial charge in [-0.3, -0.25) is 4.79 Å². The van der Waals surface area contributed by atoms with Crippen molar-refractivity contribution >= 4 is 16.0 Å². The molecule has 5 rings (SSSR count). The fourth-order valence-corrected chi connectivity index (χ4v) is 7.85. The van der Waals surface area contributed by atoms with Gasteiger partial charge in [-0.15, -0.1) is 4.90 Å². The summed E-state index contributed by atoms with van der Waals surface area (Å²) in [6, 6.07) is 26.3. The third-order valence-electron chi connectivity index (χ3n) is 8.80. The maximum absolute atomic E-state index is 13.5. The highest BCUT2D eigenvalue weighted by molar-refractivity contribution is 7.86. The molecule has 1 aliphatic heterocycles. The molecule has 39 heavy (non-hydrogen) atoms. The molecule has 1 heterocycles.